The summed E-state index contributed by atoms with van der Waals surface area (Å²) >= 11 is 0. The average Bonchev–Trinajstić information content (AvgIpc) is 2.25. The number of nitrogens with zero attached hydrogens (tertiary/aromatic N) is 4. The molecule has 0 spiro atoms. The van der Waals surface area contributed by atoms with Crippen LogP contribution in [0.2, 0.25) is 0 Å². The minimum atomic E-state index is -0.673. The molecule has 0 amide bonds. The van der Waals surface area contributed by atoms with Crippen LogP contribution in [0.4, 0.5) is 5.82 Å². The Bertz CT molecular complexity index is 655. The van der Waals surface area contributed by atoms with Gasteiger partial charge in [0.1, 0.15) is 11.8 Å². The molecule has 84 valence electrons. The number of aromatic amines is 1. The van der Waals surface area contributed by atoms with Crippen LogP contribution in [0.15, 0.2) is 15.9 Å². The zero-order valence-electron chi connectivity index (χ0n) is 9.18. The summed E-state index contributed by atoms with van der Waals surface area (Å²) in [6.07, 6.45) is 1.36. The van der Waals surface area contributed by atoms with Gasteiger partial charge in [0.05, 0.1) is 0 Å². The van der Waals surface area contributed by atoms with Crippen molar-refractivity contribution in [1.82, 2.24) is 19.5 Å². The molecule has 0 aliphatic carbocycles. The van der Waals surface area contributed by atoms with Crippen molar-refractivity contribution in [3.63, 3.8) is 0 Å². The van der Waals surface area contributed by atoms with E-state index in [2.05, 4.69) is 15.0 Å². The Balaban J connectivity index is 3.01. The van der Waals surface area contributed by atoms with Crippen LogP contribution in [0.1, 0.15) is 0 Å². The van der Waals surface area contributed by atoms with Gasteiger partial charge in [-0.15, -0.1) is 0 Å². The van der Waals surface area contributed by atoms with Gasteiger partial charge in [0.15, 0.2) is 11.5 Å². The van der Waals surface area contributed by atoms with Gasteiger partial charge in [-0.25, -0.2) is 9.97 Å². The lowest BCUT2D eigenvalue weighted by Gasteiger charge is -2.13. The van der Waals surface area contributed by atoms with Gasteiger partial charge < -0.3 is 9.88 Å². The third kappa shape index (κ3) is 1.37. The highest BCUT2D eigenvalue weighted by Crippen LogP contribution is 2.15. The molecule has 16 heavy (non-hydrogen) atoms. The highest BCUT2D eigenvalue weighted by atomic mass is 16.2. The van der Waals surface area contributed by atoms with Crippen LogP contribution in [-0.4, -0.2) is 33.6 Å². The molecule has 0 fully saturated rings. The summed E-state index contributed by atoms with van der Waals surface area (Å²) in [5.41, 5.74) is -0.438. The minimum Gasteiger partial charge on any atom is -0.361 e. The van der Waals surface area contributed by atoms with Crippen molar-refractivity contribution in [3.05, 3.63) is 27.0 Å². The van der Waals surface area contributed by atoms with E-state index in [-0.39, 0.29) is 0 Å². The predicted octanol–water partition coefficient (Wildman–Crippen LogP) is -0.917. The molecule has 7 heteroatoms. The van der Waals surface area contributed by atoms with Gasteiger partial charge in [-0.3, -0.25) is 14.2 Å². The molecular formula is C9H11N5O2. The molecule has 7 nitrogen and oxygen atoms in total. The highest BCUT2D eigenvalue weighted by molar-refractivity contribution is 5.82. The molecule has 0 saturated heterocycles. The monoisotopic (exact) mass is 221 g/mol. The largest absolute Gasteiger partial charge is 0.361 e. The van der Waals surface area contributed by atoms with Crippen LogP contribution >= 0.6 is 0 Å². The highest BCUT2D eigenvalue weighted by Gasteiger charge is 2.11. The Hall–Kier alpha value is -2.18. The van der Waals surface area contributed by atoms with Crippen LogP contribution < -0.4 is 16.0 Å². The number of anilines is 1. The van der Waals surface area contributed by atoms with Crippen molar-refractivity contribution in [2.45, 2.75) is 0 Å². The van der Waals surface area contributed by atoms with Gasteiger partial charge in [-0.1, -0.05) is 0 Å². The van der Waals surface area contributed by atoms with Crippen LogP contribution in [0.5, 0.6) is 0 Å². The summed E-state index contributed by atoms with van der Waals surface area (Å²) in [6, 6.07) is 0. The maximum absolute atomic E-state index is 11.4. The zero-order chi connectivity index (χ0) is 11.9. The van der Waals surface area contributed by atoms with Gasteiger partial charge in [0, 0.05) is 21.1 Å². The average molecular weight is 221 g/mol. The van der Waals surface area contributed by atoms with E-state index in [0.29, 0.717) is 17.0 Å². The van der Waals surface area contributed by atoms with E-state index in [0.717, 1.165) is 0 Å². The number of aromatic nitrogens is 4. The Morgan fingerprint density at radius 3 is 2.62 bits per heavy atom. The summed E-state index contributed by atoms with van der Waals surface area (Å²) in [5.74, 6) is 0.567. The topological polar surface area (TPSA) is 83.9 Å². The maximum Gasteiger partial charge on any atom is 0.317 e. The minimum absolute atomic E-state index is 0.406. The Kier molecular flexibility index (Phi) is 2.22. The number of hydrogen-bond acceptors (Lipinski definition) is 5. The maximum atomic E-state index is 11.4. The lowest BCUT2D eigenvalue weighted by Crippen LogP contribution is -2.35. The fraction of sp³-hybridized carbons (Fsp3) is 0.333. The van der Waals surface area contributed by atoms with Gasteiger partial charge >= 0.3 is 11.1 Å². The SMILES string of the molecule is CN(C)c1ncnc2c1[nH]c(=O)c(=O)n2C. The fourth-order valence-corrected chi connectivity index (χ4v) is 1.49. The lowest BCUT2D eigenvalue weighted by atomic mass is 10.4. The van der Waals surface area contributed by atoms with Crippen molar-refractivity contribution in [2.75, 3.05) is 19.0 Å². The number of hydrogen-bond donors (Lipinski definition) is 1. The molecule has 2 aromatic rings. The first-order valence-corrected chi connectivity index (χ1v) is 4.63. The third-order valence-corrected chi connectivity index (χ3v) is 2.29. The smallest absolute Gasteiger partial charge is 0.317 e. The first kappa shape index (κ1) is 10.3. The Morgan fingerprint density at radius 1 is 1.31 bits per heavy atom. The summed E-state index contributed by atoms with van der Waals surface area (Å²) in [6.45, 7) is 0. The standard InChI is InChI=1S/C9H11N5O2/c1-13(2)6-5-7(11-4-10-6)14(3)9(16)8(15)12-5/h4H,1-3H3,(H,12,15). The zero-order valence-corrected chi connectivity index (χ0v) is 9.18. The van der Waals surface area contributed by atoms with Crippen molar-refractivity contribution in [2.24, 2.45) is 7.05 Å². The van der Waals surface area contributed by atoms with Crippen LogP contribution in [-0.2, 0) is 7.05 Å². The first-order chi connectivity index (χ1) is 7.52. The molecule has 2 aromatic heterocycles. The third-order valence-electron chi connectivity index (χ3n) is 2.29. The van der Waals surface area contributed by atoms with Crippen molar-refractivity contribution >= 4 is 17.0 Å². The second kappa shape index (κ2) is 3.44. The molecule has 0 aliphatic rings. The molecule has 0 atom stereocenters. The molecule has 0 aliphatic heterocycles. The molecular weight excluding hydrogens is 210 g/mol. The fourth-order valence-electron chi connectivity index (χ4n) is 1.49. The van der Waals surface area contributed by atoms with Crippen LogP contribution in [0, 0.1) is 0 Å². The molecule has 1 N–H and O–H groups in total. The normalized spacial score (nSPS) is 10.7. The number of aryl methyl sites for hydroxylation is 1. The van der Waals surface area contributed by atoms with E-state index in [1.807, 2.05) is 0 Å². The van der Waals surface area contributed by atoms with E-state index >= 15 is 0 Å². The summed E-state index contributed by atoms with van der Waals surface area (Å²) in [5, 5.41) is 0. The molecule has 0 unspecified atom stereocenters. The molecule has 0 bridgehead atoms. The second-order valence-electron chi connectivity index (χ2n) is 3.61. The van der Waals surface area contributed by atoms with Gasteiger partial charge in [0.25, 0.3) is 0 Å². The van der Waals surface area contributed by atoms with Crippen molar-refractivity contribution < 1.29 is 0 Å². The summed E-state index contributed by atoms with van der Waals surface area (Å²) in [7, 11) is 5.10. The van der Waals surface area contributed by atoms with Crippen molar-refractivity contribution in [1.29, 1.82) is 0 Å². The Labute approximate surface area is 90.4 Å². The summed E-state index contributed by atoms with van der Waals surface area (Å²) in [4.78, 5) is 35.0. The van der Waals surface area contributed by atoms with E-state index in [1.54, 1.807) is 19.0 Å². The number of fused-ring (bicyclic) bond motifs is 1. The van der Waals surface area contributed by atoms with Crippen molar-refractivity contribution in [3.8, 4) is 0 Å². The number of nitrogens with one attached hydrogen (secondary N) is 1. The van der Waals surface area contributed by atoms with Gasteiger partial charge in [-0.05, 0) is 0 Å². The molecule has 0 radical (unpaired) electrons. The second-order valence-corrected chi connectivity index (χ2v) is 3.61. The number of rotatable bonds is 1. The summed E-state index contributed by atoms with van der Waals surface area (Å²) < 4.78 is 1.21. The van der Waals surface area contributed by atoms with E-state index in [4.69, 9.17) is 0 Å². The molecule has 2 rings (SSSR count). The van der Waals surface area contributed by atoms with Crippen LogP contribution in [0.25, 0.3) is 11.2 Å². The van der Waals surface area contributed by atoms with E-state index < -0.39 is 11.1 Å². The lowest BCUT2D eigenvalue weighted by molar-refractivity contribution is 0.850. The predicted molar refractivity (Wildman–Crippen MR) is 59.7 cm³/mol. The van der Waals surface area contributed by atoms with Gasteiger partial charge in [-0.2, -0.15) is 0 Å². The Morgan fingerprint density at radius 2 is 2.00 bits per heavy atom. The molecule has 2 heterocycles. The molecule has 0 saturated carbocycles. The van der Waals surface area contributed by atoms with Crippen LogP contribution in [0.3, 0.4) is 0 Å². The molecule has 0 aromatic carbocycles. The van der Waals surface area contributed by atoms with E-state index in [9.17, 15) is 9.59 Å². The first-order valence-electron chi connectivity index (χ1n) is 4.63. The quantitative estimate of drug-likeness (QED) is 0.630. The number of H-pyrrole nitrogens is 1. The van der Waals surface area contributed by atoms with Gasteiger partial charge in [0.2, 0.25) is 0 Å². The van der Waals surface area contributed by atoms with E-state index in [1.165, 1.54) is 17.9 Å².